The molecule has 0 aromatic heterocycles. The van der Waals surface area contributed by atoms with Crippen molar-refractivity contribution in [3.05, 3.63) is 0 Å². The van der Waals surface area contributed by atoms with E-state index in [9.17, 15) is 8.42 Å². The van der Waals surface area contributed by atoms with Gasteiger partial charge in [-0.25, -0.2) is 8.42 Å². The van der Waals surface area contributed by atoms with E-state index in [2.05, 4.69) is 29.8 Å². The molecule has 4 heteroatoms. The first-order valence-corrected chi connectivity index (χ1v) is 8.10. The molecule has 86 valence electrons. The lowest BCUT2D eigenvalue weighted by Crippen LogP contribution is -2.06. The molecule has 0 aromatic rings. The Labute approximate surface area is 96.5 Å². The van der Waals surface area contributed by atoms with E-state index in [1.54, 1.807) is 0 Å². The van der Waals surface area contributed by atoms with Crippen LogP contribution in [0, 0.1) is 5.92 Å². The standard InChI is InChI=1S/C10H21BrO2S/c1-9(2)8-10(11)6-4-5-7-14(3,12)13/h9-10H,4-8H2,1-3H3. The fourth-order valence-corrected chi connectivity index (χ4v) is 3.16. The normalized spacial score (nSPS) is 14.6. The molecule has 0 saturated heterocycles. The molecule has 0 aliphatic heterocycles. The third-order valence-electron chi connectivity index (χ3n) is 2.01. The van der Waals surface area contributed by atoms with Gasteiger partial charge in [0.15, 0.2) is 0 Å². The molecule has 0 radical (unpaired) electrons. The fraction of sp³-hybridized carbons (Fsp3) is 1.00. The second-order valence-electron chi connectivity index (χ2n) is 4.35. The summed E-state index contributed by atoms with van der Waals surface area (Å²) in [5.74, 6) is 1.03. The van der Waals surface area contributed by atoms with Gasteiger partial charge in [-0.15, -0.1) is 0 Å². The van der Waals surface area contributed by atoms with Crippen molar-refractivity contribution < 1.29 is 8.42 Å². The molecule has 0 fully saturated rings. The molecule has 14 heavy (non-hydrogen) atoms. The Bertz CT molecular complexity index is 235. The number of unbranched alkanes of at least 4 members (excludes halogenated alkanes) is 1. The molecule has 0 amide bonds. The van der Waals surface area contributed by atoms with E-state index in [1.165, 1.54) is 12.7 Å². The van der Waals surface area contributed by atoms with Crippen LogP contribution < -0.4 is 0 Å². The molecule has 0 rings (SSSR count). The first kappa shape index (κ1) is 14.4. The van der Waals surface area contributed by atoms with E-state index in [0.29, 0.717) is 16.5 Å². The molecule has 0 bridgehead atoms. The van der Waals surface area contributed by atoms with Gasteiger partial charge >= 0.3 is 0 Å². The summed E-state index contributed by atoms with van der Waals surface area (Å²) in [6.07, 6.45) is 5.33. The van der Waals surface area contributed by atoms with Crippen molar-refractivity contribution in [1.82, 2.24) is 0 Å². The summed E-state index contributed by atoms with van der Waals surface area (Å²) in [4.78, 5) is 0.544. The highest BCUT2D eigenvalue weighted by atomic mass is 79.9. The van der Waals surface area contributed by atoms with Gasteiger partial charge in [0.1, 0.15) is 9.84 Å². The topological polar surface area (TPSA) is 34.1 Å². The van der Waals surface area contributed by atoms with Crippen molar-refractivity contribution in [2.45, 2.75) is 44.4 Å². The van der Waals surface area contributed by atoms with E-state index < -0.39 is 9.84 Å². The third kappa shape index (κ3) is 10.5. The lowest BCUT2D eigenvalue weighted by atomic mass is 10.0. The van der Waals surface area contributed by atoms with Crippen molar-refractivity contribution in [3.63, 3.8) is 0 Å². The predicted molar refractivity (Wildman–Crippen MR) is 65.7 cm³/mol. The summed E-state index contributed by atoms with van der Waals surface area (Å²) in [6.45, 7) is 4.40. The summed E-state index contributed by atoms with van der Waals surface area (Å²) in [7, 11) is -2.76. The minimum atomic E-state index is -2.76. The van der Waals surface area contributed by atoms with Gasteiger partial charge < -0.3 is 0 Å². The van der Waals surface area contributed by atoms with Gasteiger partial charge in [0.25, 0.3) is 0 Å². The number of alkyl halides is 1. The van der Waals surface area contributed by atoms with Crippen LogP contribution in [0.5, 0.6) is 0 Å². The highest BCUT2D eigenvalue weighted by molar-refractivity contribution is 9.09. The zero-order chi connectivity index (χ0) is 11.2. The SMILES string of the molecule is CC(C)CC(Br)CCCCS(C)(=O)=O. The Hall–Kier alpha value is 0.430. The van der Waals surface area contributed by atoms with E-state index in [1.807, 2.05) is 0 Å². The largest absolute Gasteiger partial charge is 0.229 e. The Morgan fingerprint density at radius 3 is 2.21 bits per heavy atom. The molecule has 1 atom stereocenters. The quantitative estimate of drug-likeness (QED) is 0.532. The van der Waals surface area contributed by atoms with Crippen LogP contribution in [0.3, 0.4) is 0 Å². The van der Waals surface area contributed by atoms with Gasteiger partial charge in [-0.3, -0.25) is 0 Å². The summed E-state index contributed by atoms with van der Waals surface area (Å²) < 4.78 is 21.7. The molecule has 0 aliphatic carbocycles. The minimum Gasteiger partial charge on any atom is -0.229 e. The Kier molecular flexibility index (Phi) is 7.04. The van der Waals surface area contributed by atoms with Crippen molar-refractivity contribution in [2.75, 3.05) is 12.0 Å². The monoisotopic (exact) mass is 284 g/mol. The highest BCUT2D eigenvalue weighted by Crippen LogP contribution is 2.18. The van der Waals surface area contributed by atoms with Crippen LogP contribution in [0.2, 0.25) is 0 Å². The van der Waals surface area contributed by atoms with Gasteiger partial charge in [0.05, 0.1) is 0 Å². The van der Waals surface area contributed by atoms with E-state index >= 15 is 0 Å². The van der Waals surface area contributed by atoms with Gasteiger partial charge in [-0.1, -0.05) is 36.2 Å². The average molecular weight is 285 g/mol. The first-order chi connectivity index (χ1) is 6.31. The minimum absolute atomic E-state index is 0.328. The van der Waals surface area contributed by atoms with E-state index in [-0.39, 0.29) is 0 Å². The molecule has 0 aromatic carbocycles. The second-order valence-corrected chi connectivity index (χ2v) is 7.91. The van der Waals surface area contributed by atoms with Crippen molar-refractivity contribution in [3.8, 4) is 0 Å². The molecule has 0 aliphatic rings. The van der Waals surface area contributed by atoms with Crippen LogP contribution in [0.25, 0.3) is 0 Å². The number of halogens is 1. The third-order valence-corrected chi connectivity index (χ3v) is 3.87. The number of rotatable bonds is 7. The molecular formula is C10H21BrO2S. The summed E-state index contributed by atoms with van der Waals surface area (Å²) >= 11 is 3.61. The van der Waals surface area contributed by atoms with Crippen LogP contribution in [0.1, 0.15) is 39.5 Å². The zero-order valence-electron chi connectivity index (χ0n) is 9.29. The molecule has 0 saturated carbocycles. The molecular weight excluding hydrogens is 264 g/mol. The lowest BCUT2D eigenvalue weighted by Gasteiger charge is -2.11. The van der Waals surface area contributed by atoms with Crippen LogP contribution in [0.15, 0.2) is 0 Å². The first-order valence-electron chi connectivity index (χ1n) is 5.13. The Morgan fingerprint density at radius 2 is 1.79 bits per heavy atom. The van der Waals surface area contributed by atoms with Crippen molar-refractivity contribution in [1.29, 1.82) is 0 Å². The number of hydrogen-bond acceptors (Lipinski definition) is 2. The predicted octanol–water partition coefficient (Wildman–Crippen LogP) is 3.01. The maximum atomic E-state index is 10.8. The Morgan fingerprint density at radius 1 is 1.21 bits per heavy atom. The zero-order valence-corrected chi connectivity index (χ0v) is 11.7. The molecule has 0 spiro atoms. The molecule has 0 heterocycles. The maximum Gasteiger partial charge on any atom is 0.147 e. The number of sulfone groups is 1. The molecule has 1 unspecified atom stereocenters. The maximum absolute atomic E-state index is 10.8. The van der Waals surface area contributed by atoms with Crippen molar-refractivity contribution in [2.24, 2.45) is 5.92 Å². The molecule has 2 nitrogen and oxygen atoms in total. The average Bonchev–Trinajstić information content (AvgIpc) is 1.95. The van der Waals surface area contributed by atoms with Gasteiger partial charge in [0.2, 0.25) is 0 Å². The van der Waals surface area contributed by atoms with E-state index in [0.717, 1.165) is 19.3 Å². The number of hydrogen-bond donors (Lipinski definition) is 0. The van der Waals surface area contributed by atoms with Crippen LogP contribution in [-0.4, -0.2) is 25.3 Å². The smallest absolute Gasteiger partial charge is 0.147 e. The van der Waals surface area contributed by atoms with Gasteiger partial charge in [-0.2, -0.15) is 0 Å². The fourth-order valence-electron chi connectivity index (χ4n) is 1.36. The van der Waals surface area contributed by atoms with Crippen LogP contribution in [0.4, 0.5) is 0 Å². The lowest BCUT2D eigenvalue weighted by molar-refractivity contribution is 0.539. The summed E-state index contributed by atoms with van der Waals surface area (Å²) in [5.41, 5.74) is 0. The van der Waals surface area contributed by atoms with Gasteiger partial charge in [0, 0.05) is 16.8 Å². The summed E-state index contributed by atoms with van der Waals surface area (Å²) in [5, 5.41) is 0. The van der Waals surface area contributed by atoms with E-state index in [4.69, 9.17) is 0 Å². The second kappa shape index (κ2) is 6.83. The van der Waals surface area contributed by atoms with Crippen molar-refractivity contribution >= 4 is 25.8 Å². The van der Waals surface area contributed by atoms with Gasteiger partial charge in [-0.05, 0) is 25.2 Å². The van der Waals surface area contributed by atoms with Crippen LogP contribution in [-0.2, 0) is 9.84 Å². The van der Waals surface area contributed by atoms with Crippen LogP contribution >= 0.6 is 15.9 Å². The summed E-state index contributed by atoms with van der Waals surface area (Å²) in [6, 6.07) is 0. The highest BCUT2D eigenvalue weighted by Gasteiger charge is 2.07. The Balaban J connectivity index is 3.45. The molecule has 0 N–H and O–H groups in total.